The highest BCUT2D eigenvalue weighted by atomic mass is 16.3. The fourth-order valence-electron chi connectivity index (χ4n) is 3.30. The van der Waals surface area contributed by atoms with Crippen molar-refractivity contribution in [3.05, 3.63) is 76.9 Å². The zero-order valence-corrected chi connectivity index (χ0v) is 19.0. The summed E-state index contributed by atoms with van der Waals surface area (Å²) >= 11 is 0. The van der Waals surface area contributed by atoms with Gasteiger partial charge in [0.2, 0.25) is 5.75 Å². The van der Waals surface area contributed by atoms with E-state index in [9.17, 15) is 15.3 Å². The van der Waals surface area contributed by atoms with Crippen molar-refractivity contribution < 1.29 is 15.3 Å². The Balaban J connectivity index is 0.00000155. The van der Waals surface area contributed by atoms with Crippen molar-refractivity contribution in [1.29, 1.82) is 0 Å². The molecule has 3 nitrogen and oxygen atoms in total. The molecule has 0 heterocycles. The number of aryl methyl sites for hydroxylation is 3. The SMILES string of the molecule is CC.Cc1ccc(-c2cc(CCc3ccc(C(C)(C)C)cc3)c(O)c(O)c2O)cc1. The maximum atomic E-state index is 10.3. The van der Waals surface area contributed by atoms with Crippen LogP contribution in [-0.4, -0.2) is 15.3 Å². The molecule has 0 fully saturated rings. The number of phenolic OH excluding ortho intramolecular Hbond substituents is 3. The predicted molar refractivity (Wildman–Crippen MR) is 126 cm³/mol. The Morgan fingerprint density at radius 1 is 0.700 bits per heavy atom. The summed E-state index contributed by atoms with van der Waals surface area (Å²) in [6.07, 6.45) is 1.29. The first-order valence-corrected chi connectivity index (χ1v) is 10.6. The molecule has 0 aliphatic rings. The standard InChI is InChI=1S/C25H28O3.C2H6/c1-16-5-10-18(11-6-16)21-15-19(22(26)24(28)23(21)27)12-7-17-8-13-20(14-9-17)25(2,3)4;1-2/h5-6,8-11,13-15,26-28H,7,12H2,1-4H3;1-2H3. The van der Waals surface area contributed by atoms with E-state index in [0.717, 1.165) is 23.1 Å². The molecule has 3 heteroatoms. The van der Waals surface area contributed by atoms with Crippen molar-refractivity contribution in [3.63, 3.8) is 0 Å². The average Bonchev–Trinajstić information content (AvgIpc) is 2.73. The van der Waals surface area contributed by atoms with Gasteiger partial charge in [-0.3, -0.25) is 0 Å². The van der Waals surface area contributed by atoms with E-state index in [-0.39, 0.29) is 16.9 Å². The predicted octanol–water partition coefficient (Wildman–Crippen LogP) is 6.89. The molecule has 0 radical (unpaired) electrons. The van der Waals surface area contributed by atoms with Crippen LogP contribution in [0.25, 0.3) is 11.1 Å². The molecule has 0 aliphatic carbocycles. The van der Waals surface area contributed by atoms with E-state index >= 15 is 0 Å². The molecular formula is C27H34O3. The summed E-state index contributed by atoms with van der Waals surface area (Å²) in [5, 5.41) is 30.8. The molecule has 0 saturated carbocycles. The molecule has 0 unspecified atom stereocenters. The molecule has 3 N–H and O–H groups in total. The second-order valence-electron chi connectivity index (χ2n) is 8.44. The number of aromatic hydroxyl groups is 3. The van der Waals surface area contributed by atoms with Gasteiger partial charge < -0.3 is 15.3 Å². The highest BCUT2D eigenvalue weighted by Crippen LogP contribution is 2.45. The first-order chi connectivity index (χ1) is 14.2. The Morgan fingerprint density at radius 3 is 1.80 bits per heavy atom. The molecule has 0 aromatic heterocycles. The van der Waals surface area contributed by atoms with E-state index in [0.29, 0.717) is 17.5 Å². The van der Waals surface area contributed by atoms with E-state index in [2.05, 4.69) is 45.0 Å². The minimum atomic E-state index is -0.462. The lowest BCUT2D eigenvalue weighted by molar-refractivity contribution is 0.366. The molecule has 0 spiro atoms. The van der Waals surface area contributed by atoms with Crippen LogP contribution in [0, 0.1) is 6.92 Å². The zero-order valence-electron chi connectivity index (χ0n) is 19.0. The first kappa shape index (κ1) is 23.3. The van der Waals surface area contributed by atoms with E-state index in [4.69, 9.17) is 0 Å². The Kier molecular flexibility index (Phi) is 7.55. The van der Waals surface area contributed by atoms with Gasteiger partial charge in [0.1, 0.15) is 0 Å². The van der Waals surface area contributed by atoms with Gasteiger partial charge in [-0.15, -0.1) is 0 Å². The van der Waals surface area contributed by atoms with Crippen molar-refractivity contribution in [2.45, 2.75) is 59.8 Å². The van der Waals surface area contributed by atoms with Gasteiger partial charge in [0.25, 0.3) is 0 Å². The molecule has 0 saturated heterocycles. The molecule has 160 valence electrons. The van der Waals surface area contributed by atoms with Gasteiger partial charge >= 0.3 is 0 Å². The fourth-order valence-corrected chi connectivity index (χ4v) is 3.30. The lowest BCUT2D eigenvalue weighted by Crippen LogP contribution is -2.10. The van der Waals surface area contributed by atoms with E-state index in [1.54, 1.807) is 6.07 Å². The third-order valence-electron chi connectivity index (χ3n) is 5.19. The number of benzene rings is 3. The number of hydrogen-bond acceptors (Lipinski definition) is 3. The minimum Gasteiger partial charge on any atom is -0.504 e. The summed E-state index contributed by atoms with van der Waals surface area (Å²) < 4.78 is 0. The average molecular weight is 407 g/mol. The van der Waals surface area contributed by atoms with Crippen LogP contribution >= 0.6 is 0 Å². The normalized spacial score (nSPS) is 11.0. The molecule has 0 aliphatic heterocycles. The summed E-state index contributed by atoms with van der Waals surface area (Å²) in [4.78, 5) is 0. The topological polar surface area (TPSA) is 60.7 Å². The highest BCUT2D eigenvalue weighted by Gasteiger charge is 2.18. The van der Waals surface area contributed by atoms with Crippen molar-refractivity contribution in [2.75, 3.05) is 0 Å². The molecule has 0 atom stereocenters. The molecule has 3 rings (SSSR count). The Morgan fingerprint density at radius 2 is 1.27 bits per heavy atom. The maximum absolute atomic E-state index is 10.3. The van der Waals surface area contributed by atoms with Crippen LogP contribution in [0.5, 0.6) is 17.2 Å². The lowest BCUT2D eigenvalue weighted by Gasteiger charge is -2.19. The Labute approximate surface area is 180 Å². The monoisotopic (exact) mass is 406 g/mol. The summed E-state index contributed by atoms with van der Waals surface area (Å²) in [7, 11) is 0. The van der Waals surface area contributed by atoms with Crippen molar-refractivity contribution in [2.24, 2.45) is 0 Å². The quantitative estimate of drug-likeness (QED) is 0.414. The fraction of sp³-hybridized carbons (Fsp3) is 0.333. The summed E-state index contributed by atoms with van der Waals surface area (Å²) in [5.41, 5.74) is 5.61. The molecule has 0 amide bonds. The third-order valence-corrected chi connectivity index (χ3v) is 5.19. The summed E-state index contributed by atoms with van der Waals surface area (Å²) in [6.45, 7) is 12.6. The largest absolute Gasteiger partial charge is 0.504 e. The van der Waals surface area contributed by atoms with Gasteiger partial charge in [-0.25, -0.2) is 0 Å². The van der Waals surface area contributed by atoms with Gasteiger partial charge in [-0.05, 0) is 53.5 Å². The van der Waals surface area contributed by atoms with Crippen LogP contribution in [0.15, 0.2) is 54.6 Å². The van der Waals surface area contributed by atoms with Crippen molar-refractivity contribution in [3.8, 4) is 28.4 Å². The van der Waals surface area contributed by atoms with Crippen LogP contribution in [-0.2, 0) is 18.3 Å². The molecule has 3 aromatic rings. The minimum absolute atomic E-state index is 0.114. The Bertz CT molecular complexity index is 963. The van der Waals surface area contributed by atoms with Gasteiger partial charge in [0.15, 0.2) is 11.5 Å². The van der Waals surface area contributed by atoms with E-state index in [1.165, 1.54) is 5.56 Å². The second-order valence-corrected chi connectivity index (χ2v) is 8.44. The van der Waals surface area contributed by atoms with Gasteiger partial charge in [0.05, 0.1) is 0 Å². The lowest BCUT2D eigenvalue weighted by atomic mass is 9.86. The Hall–Kier alpha value is -2.94. The van der Waals surface area contributed by atoms with E-state index in [1.807, 2.05) is 45.0 Å². The van der Waals surface area contributed by atoms with Gasteiger partial charge in [0, 0.05) is 5.56 Å². The second kappa shape index (κ2) is 9.71. The molecule has 3 aromatic carbocycles. The molecule has 30 heavy (non-hydrogen) atoms. The van der Waals surface area contributed by atoms with Crippen LogP contribution in [0.2, 0.25) is 0 Å². The number of rotatable bonds is 4. The van der Waals surface area contributed by atoms with E-state index < -0.39 is 5.75 Å². The number of phenols is 3. The summed E-state index contributed by atoms with van der Waals surface area (Å²) in [5.74, 6) is -1.00. The zero-order chi connectivity index (χ0) is 22.5. The van der Waals surface area contributed by atoms with Crippen LogP contribution in [0.4, 0.5) is 0 Å². The van der Waals surface area contributed by atoms with Crippen molar-refractivity contribution >= 4 is 0 Å². The first-order valence-electron chi connectivity index (χ1n) is 10.6. The third kappa shape index (κ3) is 5.35. The van der Waals surface area contributed by atoms with Crippen LogP contribution in [0.1, 0.15) is 56.9 Å². The smallest absolute Gasteiger partial charge is 0.201 e. The van der Waals surface area contributed by atoms with Crippen LogP contribution in [0.3, 0.4) is 0 Å². The summed E-state index contributed by atoms with van der Waals surface area (Å²) in [6, 6.07) is 18.0. The van der Waals surface area contributed by atoms with Crippen LogP contribution < -0.4 is 0 Å². The maximum Gasteiger partial charge on any atom is 0.201 e. The molecule has 0 bridgehead atoms. The molecular weight excluding hydrogens is 372 g/mol. The number of hydrogen-bond donors (Lipinski definition) is 3. The van der Waals surface area contributed by atoms with Gasteiger partial charge in [-0.2, -0.15) is 0 Å². The van der Waals surface area contributed by atoms with Crippen molar-refractivity contribution in [1.82, 2.24) is 0 Å². The van der Waals surface area contributed by atoms with Gasteiger partial charge in [-0.1, -0.05) is 88.7 Å². The highest BCUT2D eigenvalue weighted by molar-refractivity contribution is 5.77.